The van der Waals surface area contributed by atoms with Crippen molar-refractivity contribution in [1.29, 1.82) is 0 Å². The summed E-state index contributed by atoms with van der Waals surface area (Å²) in [4.78, 5) is 31.5. The molecule has 0 bridgehead atoms. The van der Waals surface area contributed by atoms with Crippen molar-refractivity contribution in [2.75, 3.05) is 106 Å². The van der Waals surface area contributed by atoms with E-state index < -0.39 is 6.09 Å². The van der Waals surface area contributed by atoms with Crippen molar-refractivity contribution in [3.8, 4) is 23.0 Å². The molecule has 46 heavy (non-hydrogen) atoms. The molecule has 2 aromatic carbocycles. The van der Waals surface area contributed by atoms with Gasteiger partial charge < -0.3 is 33.5 Å². The number of carbonyl (C=O) groups is 2. The van der Waals surface area contributed by atoms with Crippen molar-refractivity contribution in [3.05, 3.63) is 58.7 Å². The molecule has 0 spiro atoms. The first-order valence-electron chi connectivity index (χ1n) is 15.6. The number of hydrogen-bond acceptors (Lipinski definition) is 10. The standard InChI is InChI=1S/C34H43N3O9/c1-41-31-21-25(3-5-29(31)45-17-11-35-7-13-43-14-8-35)19-27-23-37(34(39)40)24-28(33(27)38)20-26-4-6-30(32(22-26)42-2)46-18-12-36-9-15-44-16-10-36/h3-6,19-22H,7-18,23-24H2,1-2H3,(H,39,40)/b27-19+,28-20+. The maximum atomic E-state index is 13.6. The Labute approximate surface area is 269 Å². The molecule has 12 heteroatoms. The molecule has 1 N–H and O–H groups in total. The summed E-state index contributed by atoms with van der Waals surface area (Å²) in [5, 5.41) is 9.85. The van der Waals surface area contributed by atoms with Gasteiger partial charge in [-0.15, -0.1) is 0 Å². The molecule has 0 radical (unpaired) electrons. The normalized spacial score (nSPS) is 19.8. The van der Waals surface area contributed by atoms with E-state index in [-0.39, 0.29) is 18.9 Å². The number of carboxylic acid groups (broad SMARTS) is 1. The monoisotopic (exact) mass is 637 g/mol. The lowest BCUT2D eigenvalue weighted by atomic mass is 9.94. The van der Waals surface area contributed by atoms with Crippen LogP contribution in [0.3, 0.4) is 0 Å². The lowest BCUT2D eigenvalue weighted by Gasteiger charge is -2.27. The highest BCUT2D eigenvalue weighted by molar-refractivity contribution is 6.15. The summed E-state index contributed by atoms with van der Waals surface area (Å²) >= 11 is 0. The summed E-state index contributed by atoms with van der Waals surface area (Å²) < 4.78 is 33.9. The van der Waals surface area contributed by atoms with Gasteiger partial charge in [0, 0.05) is 50.4 Å². The Bertz CT molecular complexity index is 1320. The minimum Gasteiger partial charge on any atom is -0.493 e. The highest BCUT2D eigenvalue weighted by atomic mass is 16.5. The van der Waals surface area contributed by atoms with E-state index in [1.54, 1.807) is 50.6 Å². The molecule has 3 heterocycles. The van der Waals surface area contributed by atoms with Gasteiger partial charge in [-0.05, 0) is 47.5 Å². The van der Waals surface area contributed by atoms with Gasteiger partial charge in [-0.25, -0.2) is 4.79 Å². The summed E-state index contributed by atoms with van der Waals surface area (Å²) in [6, 6.07) is 10.9. The number of hydrogen-bond donors (Lipinski definition) is 1. The van der Waals surface area contributed by atoms with E-state index in [0.717, 1.165) is 65.7 Å². The lowest BCUT2D eigenvalue weighted by Crippen LogP contribution is -2.40. The molecule has 3 aliphatic rings. The van der Waals surface area contributed by atoms with Gasteiger partial charge in [-0.1, -0.05) is 12.1 Å². The topological polar surface area (TPSA) is 119 Å². The van der Waals surface area contributed by atoms with E-state index in [0.29, 0.717) is 58.5 Å². The third-order valence-electron chi connectivity index (χ3n) is 8.17. The Morgan fingerprint density at radius 1 is 0.739 bits per heavy atom. The average molecular weight is 638 g/mol. The molecule has 0 saturated carbocycles. The third kappa shape index (κ3) is 9.00. The minimum atomic E-state index is -1.10. The average Bonchev–Trinajstić information content (AvgIpc) is 3.08. The first-order valence-corrected chi connectivity index (χ1v) is 15.6. The lowest BCUT2D eigenvalue weighted by molar-refractivity contribution is -0.113. The number of ether oxygens (including phenoxy) is 6. The predicted octanol–water partition coefficient (Wildman–Crippen LogP) is 3.16. The Kier molecular flexibility index (Phi) is 11.9. The van der Waals surface area contributed by atoms with Crippen LogP contribution in [-0.4, -0.2) is 138 Å². The van der Waals surface area contributed by atoms with Crippen LogP contribution in [0.1, 0.15) is 11.1 Å². The van der Waals surface area contributed by atoms with Crippen molar-refractivity contribution < 1.29 is 43.1 Å². The molecule has 3 aliphatic heterocycles. The largest absolute Gasteiger partial charge is 0.493 e. The Morgan fingerprint density at radius 2 is 1.17 bits per heavy atom. The number of benzene rings is 2. The van der Waals surface area contributed by atoms with E-state index >= 15 is 0 Å². The first kappa shape index (κ1) is 33.3. The predicted molar refractivity (Wildman–Crippen MR) is 172 cm³/mol. The van der Waals surface area contributed by atoms with Gasteiger partial charge in [0.15, 0.2) is 28.8 Å². The van der Waals surface area contributed by atoms with Crippen LogP contribution in [0.25, 0.3) is 12.2 Å². The van der Waals surface area contributed by atoms with Crippen LogP contribution in [0.5, 0.6) is 23.0 Å². The van der Waals surface area contributed by atoms with Gasteiger partial charge in [-0.3, -0.25) is 19.5 Å². The molecule has 12 nitrogen and oxygen atoms in total. The number of Topliss-reactive ketones (excluding diaryl/α,β-unsaturated/α-hetero) is 1. The molecule has 248 valence electrons. The van der Waals surface area contributed by atoms with Crippen LogP contribution in [0, 0.1) is 0 Å². The zero-order chi connectivity index (χ0) is 32.3. The van der Waals surface area contributed by atoms with Crippen molar-refractivity contribution in [3.63, 3.8) is 0 Å². The van der Waals surface area contributed by atoms with Gasteiger partial charge >= 0.3 is 6.09 Å². The molecular formula is C34H43N3O9. The summed E-state index contributed by atoms with van der Waals surface area (Å²) in [7, 11) is 3.13. The number of carbonyl (C=O) groups excluding carboxylic acids is 1. The van der Waals surface area contributed by atoms with Crippen molar-refractivity contribution in [2.45, 2.75) is 0 Å². The molecule has 0 aromatic heterocycles. The third-order valence-corrected chi connectivity index (χ3v) is 8.17. The van der Waals surface area contributed by atoms with Gasteiger partial charge in [-0.2, -0.15) is 0 Å². The molecular weight excluding hydrogens is 594 g/mol. The molecule has 1 amide bonds. The summed E-state index contributed by atoms with van der Waals surface area (Å²) in [5.41, 5.74) is 2.12. The molecule has 5 rings (SSSR count). The fraction of sp³-hybridized carbons (Fsp3) is 0.471. The number of morpholine rings is 2. The fourth-order valence-corrected chi connectivity index (χ4v) is 5.58. The van der Waals surface area contributed by atoms with E-state index in [1.165, 1.54) is 4.90 Å². The van der Waals surface area contributed by atoms with Crippen molar-refractivity contribution in [1.82, 2.24) is 14.7 Å². The molecule has 0 unspecified atom stereocenters. The quantitative estimate of drug-likeness (QED) is 0.346. The van der Waals surface area contributed by atoms with Crippen LogP contribution in [0.4, 0.5) is 4.79 Å². The molecule has 3 fully saturated rings. The SMILES string of the molecule is COc1cc(/C=C2\CN(C(=O)O)C/C(=C\c3ccc(OCCN4CCOCC4)c(OC)c3)C2=O)ccc1OCCN1CCOCC1. The Balaban J connectivity index is 1.28. The second-order valence-corrected chi connectivity index (χ2v) is 11.2. The summed E-state index contributed by atoms with van der Waals surface area (Å²) in [6.45, 7) is 8.97. The second-order valence-electron chi connectivity index (χ2n) is 11.2. The first-order chi connectivity index (χ1) is 22.4. The fourth-order valence-electron chi connectivity index (χ4n) is 5.58. The Hall–Kier alpha value is -4.10. The number of methoxy groups -OCH3 is 2. The van der Waals surface area contributed by atoms with Gasteiger partial charge in [0.05, 0.1) is 53.7 Å². The smallest absolute Gasteiger partial charge is 0.407 e. The van der Waals surface area contributed by atoms with E-state index in [4.69, 9.17) is 28.4 Å². The maximum absolute atomic E-state index is 13.6. The van der Waals surface area contributed by atoms with Crippen LogP contribution in [0.2, 0.25) is 0 Å². The Morgan fingerprint density at radius 3 is 1.57 bits per heavy atom. The minimum absolute atomic E-state index is 0.0230. The van der Waals surface area contributed by atoms with E-state index in [9.17, 15) is 14.7 Å². The number of rotatable bonds is 12. The number of nitrogens with zero attached hydrogens (tertiary/aromatic N) is 3. The summed E-state index contributed by atoms with van der Waals surface area (Å²) in [5.74, 6) is 2.05. The highest BCUT2D eigenvalue weighted by Gasteiger charge is 2.29. The van der Waals surface area contributed by atoms with Gasteiger partial charge in [0.1, 0.15) is 13.2 Å². The highest BCUT2D eigenvalue weighted by Crippen LogP contribution is 2.32. The van der Waals surface area contributed by atoms with E-state index in [1.807, 2.05) is 12.1 Å². The number of piperidine rings is 1. The van der Waals surface area contributed by atoms with E-state index in [2.05, 4.69) is 9.80 Å². The molecule has 2 aromatic rings. The van der Waals surface area contributed by atoms with Gasteiger partial charge in [0.2, 0.25) is 0 Å². The summed E-state index contributed by atoms with van der Waals surface area (Å²) in [6.07, 6.45) is 2.31. The number of ketones is 1. The van der Waals surface area contributed by atoms with Crippen LogP contribution >= 0.6 is 0 Å². The second kappa shape index (κ2) is 16.5. The zero-order valence-electron chi connectivity index (χ0n) is 26.6. The van der Waals surface area contributed by atoms with Crippen molar-refractivity contribution >= 4 is 24.0 Å². The van der Waals surface area contributed by atoms with Crippen LogP contribution in [-0.2, 0) is 14.3 Å². The molecule has 0 atom stereocenters. The zero-order valence-corrected chi connectivity index (χ0v) is 26.6. The maximum Gasteiger partial charge on any atom is 0.407 e. The van der Waals surface area contributed by atoms with Crippen LogP contribution in [0.15, 0.2) is 47.5 Å². The molecule has 0 aliphatic carbocycles. The van der Waals surface area contributed by atoms with Crippen LogP contribution < -0.4 is 18.9 Å². The number of likely N-dealkylation sites (tertiary alicyclic amines) is 1. The van der Waals surface area contributed by atoms with Gasteiger partial charge in [0.25, 0.3) is 0 Å². The van der Waals surface area contributed by atoms with Crippen molar-refractivity contribution in [2.24, 2.45) is 0 Å². The number of amides is 1. The molecule has 3 saturated heterocycles.